The Labute approximate surface area is 258 Å². The number of aromatic nitrogens is 6. The first-order valence-corrected chi connectivity index (χ1v) is 16.5. The molecule has 1 saturated heterocycles. The molecule has 0 radical (unpaired) electrons. The minimum atomic E-state index is -3.88. The van der Waals surface area contributed by atoms with Crippen LogP contribution in [0.5, 0.6) is 0 Å². The van der Waals surface area contributed by atoms with E-state index >= 15 is 0 Å². The molecule has 4 aromatic rings. The highest BCUT2D eigenvalue weighted by Crippen LogP contribution is 2.37. The van der Waals surface area contributed by atoms with Gasteiger partial charge < -0.3 is 18.9 Å². The van der Waals surface area contributed by atoms with Gasteiger partial charge in [0.15, 0.2) is 5.03 Å². The first-order chi connectivity index (χ1) is 21.3. The van der Waals surface area contributed by atoms with E-state index in [2.05, 4.69) is 35.8 Å². The molecular formula is C31H38N10O2S. The van der Waals surface area contributed by atoms with Gasteiger partial charge in [-0.25, -0.2) is 28.4 Å². The van der Waals surface area contributed by atoms with Crippen molar-refractivity contribution in [1.29, 1.82) is 5.26 Å². The van der Waals surface area contributed by atoms with Gasteiger partial charge in [0.2, 0.25) is 5.95 Å². The first-order valence-electron chi connectivity index (χ1n) is 15.1. The van der Waals surface area contributed by atoms with E-state index in [9.17, 15) is 13.7 Å². The van der Waals surface area contributed by atoms with E-state index in [-0.39, 0.29) is 23.0 Å². The summed E-state index contributed by atoms with van der Waals surface area (Å²) in [6.07, 6.45) is 14.5. The van der Waals surface area contributed by atoms with E-state index in [1.165, 1.54) is 0 Å². The van der Waals surface area contributed by atoms with Crippen molar-refractivity contribution in [1.82, 2.24) is 33.4 Å². The number of nitriles is 1. The third kappa shape index (κ3) is 6.18. The molecule has 44 heavy (non-hydrogen) atoms. The molecule has 0 spiro atoms. The summed E-state index contributed by atoms with van der Waals surface area (Å²) in [7, 11) is -0.126. The van der Waals surface area contributed by atoms with Crippen molar-refractivity contribution in [3.63, 3.8) is 0 Å². The fraction of sp³-hybridized carbons (Fsp3) is 0.452. The molecule has 2 fully saturated rings. The van der Waals surface area contributed by atoms with Crippen molar-refractivity contribution in [2.45, 2.75) is 55.8 Å². The van der Waals surface area contributed by atoms with Crippen LogP contribution in [0.1, 0.15) is 43.4 Å². The van der Waals surface area contributed by atoms with E-state index in [4.69, 9.17) is 0 Å². The van der Waals surface area contributed by atoms with Crippen molar-refractivity contribution < 1.29 is 8.42 Å². The third-order valence-corrected chi connectivity index (χ3v) is 10.7. The van der Waals surface area contributed by atoms with Crippen molar-refractivity contribution in [3.05, 3.63) is 79.0 Å². The second-order valence-corrected chi connectivity index (χ2v) is 13.6. The first kappa shape index (κ1) is 29.8. The largest absolute Gasteiger partial charge is 0.361 e. The van der Waals surface area contributed by atoms with Crippen LogP contribution in [0.4, 0.5) is 11.6 Å². The van der Waals surface area contributed by atoms with Crippen LogP contribution in [0.15, 0.2) is 72.8 Å². The van der Waals surface area contributed by atoms with Gasteiger partial charge in [0.1, 0.15) is 0 Å². The molecule has 0 unspecified atom stereocenters. The maximum atomic E-state index is 14.4. The molecule has 1 aliphatic carbocycles. The number of sulfonamides is 1. The van der Waals surface area contributed by atoms with E-state index in [0.29, 0.717) is 24.6 Å². The van der Waals surface area contributed by atoms with Gasteiger partial charge in [-0.1, -0.05) is 0 Å². The molecule has 2 aliphatic rings. The second-order valence-electron chi connectivity index (χ2n) is 11.8. The fourth-order valence-corrected chi connectivity index (χ4v) is 8.27. The highest BCUT2D eigenvalue weighted by Gasteiger charge is 2.44. The van der Waals surface area contributed by atoms with E-state index < -0.39 is 10.0 Å². The number of nitrogens with zero attached hydrogens (tertiary/aromatic N) is 10. The molecule has 12 nitrogen and oxygen atoms in total. The summed E-state index contributed by atoms with van der Waals surface area (Å²) in [5.74, 6) is 0.906. The van der Waals surface area contributed by atoms with E-state index in [0.717, 1.165) is 56.6 Å². The maximum Gasteiger partial charge on any atom is 0.262 e. The van der Waals surface area contributed by atoms with Crippen molar-refractivity contribution in [2.24, 2.45) is 20.0 Å². The van der Waals surface area contributed by atoms with Crippen LogP contribution < -0.4 is 9.80 Å². The number of benzene rings is 1. The van der Waals surface area contributed by atoms with Gasteiger partial charge in [-0.2, -0.15) is 9.57 Å². The second kappa shape index (κ2) is 12.8. The van der Waals surface area contributed by atoms with Crippen LogP contribution in [-0.2, 0) is 30.7 Å². The lowest BCUT2D eigenvalue weighted by molar-refractivity contribution is 0.235. The topological polar surface area (TPSA) is 129 Å². The van der Waals surface area contributed by atoms with Crippen molar-refractivity contribution >= 4 is 21.7 Å². The minimum absolute atomic E-state index is 0.0749. The average Bonchev–Trinajstić information content (AvgIpc) is 3.81. The minimum Gasteiger partial charge on any atom is -0.361 e. The van der Waals surface area contributed by atoms with Gasteiger partial charge in [0.05, 0.1) is 36.5 Å². The number of hydrogen-bond acceptors (Lipinski definition) is 9. The Morgan fingerprint density at radius 3 is 2.34 bits per heavy atom. The molecule has 1 saturated carbocycles. The van der Waals surface area contributed by atoms with Crippen LogP contribution in [0.25, 0.3) is 0 Å². The van der Waals surface area contributed by atoms with Crippen LogP contribution in [-0.4, -0.2) is 73.5 Å². The number of anilines is 2. The fourth-order valence-electron chi connectivity index (χ4n) is 6.54. The summed E-state index contributed by atoms with van der Waals surface area (Å²) in [5.41, 5.74) is 2.56. The number of hydrogen-bond donors (Lipinski definition) is 0. The van der Waals surface area contributed by atoms with Gasteiger partial charge in [0.25, 0.3) is 10.0 Å². The Morgan fingerprint density at radius 1 is 0.977 bits per heavy atom. The molecule has 0 bridgehead atoms. The van der Waals surface area contributed by atoms with E-state index in [1.54, 1.807) is 47.2 Å². The quantitative estimate of drug-likeness (QED) is 0.264. The summed E-state index contributed by atoms with van der Waals surface area (Å²) in [5, 5.41) is 9.49. The van der Waals surface area contributed by atoms with Crippen molar-refractivity contribution in [2.75, 3.05) is 29.4 Å². The standard InChI is InChI=1S/C31H38N10O2S/c1-37-21-30(36-23-37)44(42,43)41(19-25-11-15-39(16-12-25)31-34-13-4-14-35-31)29-6-3-5-28(29)40(20-27-18-33-22-38(27)2)26-9-7-24(17-32)8-10-26/h4,7-10,13-14,18,21-23,25,28-29H,3,5-6,11-12,15-16,19-20H2,1-2H3/t28-,29-/m0/s1. The Bertz CT molecular complexity index is 1690. The Balaban J connectivity index is 1.32. The predicted octanol–water partition coefficient (Wildman–Crippen LogP) is 3.35. The van der Waals surface area contributed by atoms with Crippen LogP contribution in [0.3, 0.4) is 0 Å². The average molecular weight is 615 g/mol. The molecule has 13 heteroatoms. The lowest BCUT2D eigenvalue weighted by Crippen LogP contribution is -2.53. The Kier molecular flexibility index (Phi) is 8.63. The highest BCUT2D eigenvalue weighted by atomic mass is 32.2. The molecule has 230 valence electrons. The third-order valence-electron chi connectivity index (χ3n) is 8.93. The molecule has 1 aromatic carbocycles. The molecule has 0 amide bonds. The highest BCUT2D eigenvalue weighted by molar-refractivity contribution is 7.89. The summed E-state index contributed by atoms with van der Waals surface area (Å²) < 4.78 is 34.2. The van der Waals surface area contributed by atoms with Gasteiger partial charge in [-0.05, 0) is 68.4 Å². The SMILES string of the molecule is Cn1cnc(S(=O)(=O)N(CC2CCN(c3ncccn3)CC2)[C@H]2CCC[C@@H]2N(Cc2cncn2C)c2ccc(C#N)cc2)c1. The van der Waals surface area contributed by atoms with Crippen LogP contribution >= 0.6 is 0 Å². The normalized spacial score (nSPS) is 19.4. The Morgan fingerprint density at radius 2 is 1.70 bits per heavy atom. The number of rotatable bonds is 10. The molecule has 2 atom stereocenters. The summed E-state index contributed by atoms with van der Waals surface area (Å²) >= 11 is 0. The molecule has 6 rings (SSSR count). The summed E-state index contributed by atoms with van der Waals surface area (Å²) in [6, 6.07) is 11.3. The Hall–Kier alpha value is -4.28. The van der Waals surface area contributed by atoms with Crippen LogP contribution in [0.2, 0.25) is 0 Å². The monoisotopic (exact) mass is 614 g/mol. The van der Waals surface area contributed by atoms with Gasteiger partial charge in [0, 0.05) is 76.3 Å². The zero-order valence-electron chi connectivity index (χ0n) is 25.1. The zero-order chi connectivity index (χ0) is 30.7. The number of imidazole rings is 2. The predicted molar refractivity (Wildman–Crippen MR) is 166 cm³/mol. The lowest BCUT2D eigenvalue weighted by Gasteiger charge is -2.41. The molecule has 0 N–H and O–H groups in total. The van der Waals surface area contributed by atoms with Crippen LogP contribution in [0, 0.1) is 17.2 Å². The van der Waals surface area contributed by atoms with Gasteiger partial charge in [-0.3, -0.25) is 0 Å². The lowest BCUT2D eigenvalue weighted by atomic mass is 9.96. The van der Waals surface area contributed by atoms with Gasteiger partial charge in [-0.15, -0.1) is 0 Å². The zero-order valence-corrected chi connectivity index (χ0v) is 26.0. The molecular weight excluding hydrogens is 576 g/mol. The molecule has 1 aliphatic heterocycles. The number of piperidine rings is 1. The van der Waals surface area contributed by atoms with E-state index in [1.807, 2.05) is 48.1 Å². The summed E-state index contributed by atoms with van der Waals surface area (Å²) in [6.45, 7) is 2.54. The smallest absolute Gasteiger partial charge is 0.262 e. The van der Waals surface area contributed by atoms with Gasteiger partial charge >= 0.3 is 0 Å². The molecule has 4 heterocycles. The number of aryl methyl sites for hydroxylation is 2. The maximum absolute atomic E-state index is 14.4. The molecule has 3 aromatic heterocycles. The van der Waals surface area contributed by atoms with Crippen molar-refractivity contribution in [3.8, 4) is 6.07 Å². The summed E-state index contributed by atoms with van der Waals surface area (Å²) in [4.78, 5) is 21.9.